The normalized spacial score (nSPS) is 13.7. The maximum atomic E-state index is 14.4. The minimum Gasteiger partial charge on any atom is -0.507 e. The van der Waals surface area contributed by atoms with Gasteiger partial charge in [0.05, 0.1) is 6.54 Å². The Morgan fingerprint density at radius 1 is 0.782 bits per heavy atom. The van der Waals surface area contributed by atoms with Gasteiger partial charge in [-0.3, -0.25) is 14.4 Å². The summed E-state index contributed by atoms with van der Waals surface area (Å²) in [6.07, 6.45) is -0.842. The number of ether oxygens (including phenoxy) is 2. The number of halogens is 5. The maximum absolute atomic E-state index is 14.4. The number of alkyl carbamates (subject to hydrolysis) is 1. The second kappa shape index (κ2) is 15.3. The molecule has 0 saturated carbocycles. The van der Waals surface area contributed by atoms with E-state index < -0.39 is 99.9 Å². The predicted octanol–water partition coefficient (Wildman–Crippen LogP) is 6.29. The highest BCUT2D eigenvalue weighted by Crippen LogP contribution is 2.50. The minimum absolute atomic E-state index is 0.0254. The summed E-state index contributed by atoms with van der Waals surface area (Å²) >= 11 is 0. The first-order chi connectivity index (χ1) is 25.8. The number of nitrogens with one attached hydrogen (secondary N) is 4. The maximum Gasteiger partial charge on any atom is 0.408 e. The molecule has 4 aromatic rings. The average molecular weight is 771 g/mol. The summed E-state index contributed by atoms with van der Waals surface area (Å²) in [7, 11) is 0. The van der Waals surface area contributed by atoms with Crippen molar-refractivity contribution in [3.05, 3.63) is 112 Å². The molecule has 288 valence electrons. The molecule has 0 radical (unpaired) electrons. The number of hydrogen-bond donors (Lipinski definition) is 6. The fourth-order valence-corrected chi connectivity index (χ4v) is 5.60. The van der Waals surface area contributed by atoms with E-state index in [0.717, 1.165) is 12.1 Å². The molecule has 4 amide bonds. The number of benzene rings is 4. The summed E-state index contributed by atoms with van der Waals surface area (Å²) in [5, 5.41) is 29.8. The summed E-state index contributed by atoms with van der Waals surface area (Å²) < 4.78 is 81.1. The van der Waals surface area contributed by atoms with Gasteiger partial charge in [0.25, 0.3) is 5.91 Å². The fourth-order valence-electron chi connectivity index (χ4n) is 5.60. The van der Waals surface area contributed by atoms with Crippen molar-refractivity contribution in [1.82, 2.24) is 10.6 Å². The number of aromatic carboxylic acids is 1. The molecule has 1 aliphatic heterocycles. The Kier molecular flexibility index (Phi) is 11.0. The van der Waals surface area contributed by atoms with E-state index in [-0.39, 0.29) is 34.0 Å². The van der Waals surface area contributed by atoms with Crippen molar-refractivity contribution in [3.63, 3.8) is 0 Å². The van der Waals surface area contributed by atoms with Crippen molar-refractivity contribution in [2.24, 2.45) is 0 Å². The van der Waals surface area contributed by atoms with Gasteiger partial charge in [-0.05, 0) is 51.5 Å². The Bertz CT molecular complexity index is 2230. The van der Waals surface area contributed by atoms with Gasteiger partial charge < -0.3 is 41.0 Å². The van der Waals surface area contributed by atoms with Crippen molar-refractivity contribution in [3.8, 4) is 17.2 Å². The molecule has 1 aliphatic rings. The van der Waals surface area contributed by atoms with Crippen molar-refractivity contribution in [2.75, 3.05) is 17.2 Å². The van der Waals surface area contributed by atoms with Crippen LogP contribution in [-0.2, 0) is 14.3 Å². The third-order valence-corrected chi connectivity index (χ3v) is 8.00. The van der Waals surface area contributed by atoms with E-state index in [1.165, 1.54) is 49.4 Å². The van der Waals surface area contributed by atoms with Crippen molar-refractivity contribution < 1.29 is 65.6 Å². The molecule has 18 heteroatoms. The highest BCUT2D eigenvalue weighted by Gasteiger charge is 2.34. The van der Waals surface area contributed by atoms with E-state index in [1.54, 1.807) is 20.8 Å². The minimum atomic E-state index is -2.45. The van der Waals surface area contributed by atoms with Crippen molar-refractivity contribution in [2.45, 2.75) is 45.3 Å². The van der Waals surface area contributed by atoms with E-state index >= 15 is 0 Å². The number of phenols is 1. The average Bonchev–Trinajstić information content (AvgIpc) is 3.10. The van der Waals surface area contributed by atoms with Crippen LogP contribution in [-0.4, -0.2) is 58.2 Å². The number of carboxylic acids is 1. The van der Waals surface area contributed by atoms with E-state index in [0.29, 0.717) is 5.56 Å². The summed E-state index contributed by atoms with van der Waals surface area (Å²) in [6, 6.07) is 10.9. The largest absolute Gasteiger partial charge is 0.507 e. The zero-order valence-corrected chi connectivity index (χ0v) is 29.2. The third kappa shape index (κ3) is 8.42. The lowest BCUT2D eigenvalue weighted by molar-refractivity contribution is -0.125. The molecule has 0 aliphatic carbocycles. The van der Waals surface area contributed by atoms with Gasteiger partial charge in [-0.15, -0.1) is 0 Å². The van der Waals surface area contributed by atoms with E-state index in [9.17, 15) is 56.1 Å². The highest BCUT2D eigenvalue weighted by molar-refractivity contribution is 6.05. The number of fused-ring (bicyclic) bond motifs is 2. The van der Waals surface area contributed by atoms with Crippen LogP contribution in [0.3, 0.4) is 0 Å². The van der Waals surface area contributed by atoms with Crippen LogP contribution in [0.15, 0.2) is 54.6 Å². The monoisotopic (exact) mass is 770 g/mol. The zero-order chi connectivity index (χ0) is 40.5. The first-order valence-electron chi connectivity index (χ1n) is 16.2. The van der Waals surface area contributed by atoms with Gasteiger partial charge in [-0.25, -0.2) is 31.5 Å². The molecule has 0 spiro atoms. The summed E-state index contributed by atoms with van der Waals surface area (Å²) in [5.41, 5.74) is -2.42. The van der Waals surface area contributed by atoms with Crippen LogP contribution in [0.5, 0.6) is 17.2 Å². The Balaban J connectivity index is 1.43. The molecule has 4 aromatic carbocycles. The molecule has 13 nitrogen and oxygen atoms in total. The van der Waals surface area contributed by atoms with Gasteiger partial charge in [-0.2, -0.15) is 0 Å². The first kappa shape index (κ1) is 39.5. The van der Waals surface area contributed by atoms with Crippen LogP contribution in [0.1, 0.15) is 71.0 Å². The predicted molar refractivity (Wildman–Crippen MR) is 184 cm³/mol. The van der Waals surface area contributed by atoms with Gasteiger partial charge in [0.2, 0.25) is 17.6 Å². The summed E-state index contributed by atoms with van der Waals surface area (Å²) in [5.74, 6) is -18.0. The van der Waals surface area contributed by atoms with Gasteiger partial charge in [-0.1, -0.05) is 24.3 Å². The number of aromatic hydroxyl groups is 1. The Labute approximate surface area is 308 Å². The lowest BCUT2D eigenvalue weighted by Crippen LogP contribution is -2.47. The zero-order valence-electron chi connectivity index (χ0n) is 29.2. The molecule has 0 bridgehead atoms. The number of amides is 4. The number of carbonyl (C=O) groups is 5. The quantitative estimate of drug-likeness (QED) is 0.0568. The molecular formula is C37H31F5N4O9. The van der Waals surface area contributed by atoms with Gasteiger partial charge in [0, 0.05) is 40.6 Å². The second-order valence-corrected chi connectivity index (χ2v) is 13.1. The molecule has 0 fully saturated rings. The molecule has 2 atom stereocenters. The van der Waals surface area contributed by atoms with Crippen LogP contribution in [0, 0.1) is 29.1 Å². The number of rotatable bonds is 9. The summed E-state index contributed by atoms with van der Waals surface area (Å²) in [6.45, 7) is 5.77. The Hall–Kier alpha value is -6.72. The van der Waals surface area contributed by atoms with Crippen LogP contribution in [0.2, 0.25) is 0 Å². The van der Waals surface area contributed by atoms with Crippen LogP contribution in [0.4, 0.5) is 38.1 Å². The fraction of sp³-hybridized carbons (Fsp3) is 0.216. The standard InChI is InChI=1S/C37H31F5N4O9/c1-15(44-36(53)55-37(2,3)4)33(49)43-14-24(48)45-16-8-10-18-22(12-16)54-23-13-17(46-34(50)27-28(38)30(40)32(42)31(41)29(27)39)9-11-19(23)25(18)20-6-5-7-21(47)26(20)35(51)52/h5-13,15,25,47H,14H2,1-4H3,(H,43,49)(H,44,53)(H,45,48)(H,46,50)(H,51,52). The smallest absolute Gasteiger partial charge is 0.408 e. The molecule has 55 heavy (non-hydrogen) atoms. The third-order valence-electron chi connectivity index (χ3n) is 8.00. The Morgan fingerprint density at radius 2 is 1.33 bits per heavy atom. The number of anilines is 2. The van der Waals surface area contributed by atoms with Crippen LogP contribution in [0.25, 0.3) is 0 Å². The lowest BCUT2D eigenvalue weighted by atomic mass is 9.80. The Morgan fingerprint density at radius 3 is 1.87 bits per heavy atom. The molecule has 1 heterocycles. The van der Waals surface area contributed by atoms with Gasteiger partial charge in [0.15, 0.2) is 23.3 Å². The van der Waals surface area contributed by atoms with Crippen molar-refractivity contribution >= 4 is 41.2 Å². The molecule has 2 unspecified atom stereocenters. The van der Waals surface area contributed by atoms with E-state index in [4.69, 9.17) is 9.47 Å². The second-order valence-electron chi connectivity index (χ2n) is 13.1. The molecule has 0 aromatic heterocycles. The highest BCUT2D eigenvalue weighted by atomic mass is 19.2. The van der Waals surface area contributed by atoms with E-state index in [1.807, 2.05) is 0 Å². The first-order valence-corrected chi connectivity index (χ1v) is 16.2. The SMILES string of the molecule is CC(NC(=O)OC(C)(C)C)C(=O)NCC(=O)Nc1ccc2c(c1)Oc1cc(NC(=O)c3c(F)c(F)c(F)c(F)c3F)ccc1C2c1cccc(O)c1C(=O)O. The topological polar surface area (TPSA) is 192 Å². The molecular weight excluding hydrogens is 739 g/mol. The van der Waals surface area contributed by atoms with Crippen LogP contribution >= 0.6 is 0 Å². The number of hydrogen-bond acceptors (Lipinski definition) is 8. The molecule has 0 saturated heterocycles. The number of carbonyl (C=O) groups excluding carboxylic acids is 4. The number of carboxylic acid groups (broad SMARTS) is 1. The molecule has 6 N–H and O–H groups in total. The van der Waals surface area contributed by atoms with Gasteiger partial charge in [0.1, 0.15) is 40.0 Å². The van der Waals surface area contributed by atoms with Gasteiger partial charge >= 0.3 is 12.1 Å². The lowest BCUT2D eigenvalue weighted by Gasteiger charge is -2.30. The molecule has 5 rings (SSSR count). The van der Waals surface area contributed by atoms with Crippen molar-refractivity contribution in [1.29, 1.82) is 0 Å². The summed E-state index contributed by atoms with van der Waals surface area (Å²) in [4.78, 5) is 62.3. The van der Waals surface area contributed by atoms with Crippen LogP contribution < -0.4 is 26.0 Å². The van der Waals surface area contributed by atoms with E-state index in [2.05, 4.69) is 21.3 Å².